The molecule has 0 fully saturated rings. The molecule has 0 aliphatic carbocycles. The maximum Gasteiger partial charge on any atom is 0.0948 e. The van der Waals surface area contributed by atoms with Gasteiger partial charge in [-0.25, -0.2) is 0 Å². The van der Waals surface area contributed by atoms with Crippen molar-refractivity contribution in [2.45, 2.75) is 6.92 Å². The Morgan fingerprint density at radius 2 is 1.93 bits per heavy atom. The van der Waals surface area contributed by atoms with Gasteiger partial charge in [0.15, 0.2) is 0 Å². The Labute approximate surface area is 93.7 Å². The maximum atomic E-state index is 6.09. The highest BCUT2D eigenvalue weighted by molar-refractivity contribution is 6.33. The van der Waals surface area contributed by atoms with Crippen LogP contribution in [-0.2, 0) is 0 Å². The van der Waals surface area contributed by atoms with Crippen molar-refractivity contribution in [2.24, 2.45) is 0 Å². The second kappa shape index (κ2) is 3.91. The largest absolute Gasteiger partial charge is 0.397 e. The monoisotopic (exact) mass is 218 g/mol. The molecule has 15 heavy (non-hydrogen) atoms. The van der Waals surface area contributed by atoms with Crippen molar-refractivity contribution in [3.63, 3.8) is 0 Å². The first kappa shape index (κ1) is 9.99. The molecule has 2 aromatic rings. The summed E-state index contributed by atoms with van der Waals surface area (Å²) in [6.45, 7) is 1.96. The summed E-state index contributed by atoms with van der Waals surface area (Å²) in [5, 5.41) is 0.669. The second-order valence-corrected chi connectivity index (χ2v) is 3.78. The first-order valence-corrected chi connectivity index (χ1v) is 5.04. The minimum absolute atomic E-state index is 0.669. The zero-order valence-corrected chi connectivity index (χ0v) is 9.12. The Balaban J connectivity index is 2.65. The first-order chi connectivity index (χ1) is 7.20. The van der Waals surface area contributed by atoms with Gasteiger partial charge >= 0.3 is 0 Å². The molecule has 0 saturated carbocycles. The number of halogens is 1. The number of rotatable bonds is 1. The number of hydrogen-bond donors (Lipinski definition) is 1. The van der Waals surface area contributed by atoms with Gasteiger partial charge in [0.25, 0.3) is 0 Å². The van der Waals surface area contributed by atoms with Gasteiger partial charge in [-0.2, -0.15) is 0 Å². The van der Waals surface area contributed by atoms with Crippen LogP contribution >= 0.6 is 11.6 Å². The van der Waals surface area contributed by atoms with E-state index in [9.17, 15) is 0 Å². The highest BCUT2D eigenvalue weighted by Gasteiger charge is 2.08. The predicted octanol–water partition coefficient (Wildman–Crippen LogP) is 3.29. The normalized spacial score (nSPS) is 10.3. The zero-order chi connectivity index (χ0) is 10.8. The van der Waals surface area contributed by atoms with Crippen LogP contribution < -0.4 is 5.73 Å². The average molecular weight is 219 g/mol. The van der Waals surface area contributed by atoms with Crippen molar-refractivity contribution < 1.29 is 0 Å². The number of nitrogen functional groups attached to an aromatic ring is 1. The van der Waals surface area contributed by atoms with E-state index in [0.717, 1.165) is 16.8 Å². The molecule has 0 spiro atoms. The summed E-state index contributed by atoms with van der Waals surface area (Å²) in [6.07, 6.45) is 1.74. The van der Waals surface area contributed by atoms with Crippen molar-refractivity contribution in [1.82, 2.24) is 4.98 Å². The van der Waals surface area contributed by atoms with Crippen LogP contribution in [0.25, 0.3) is 11.3 Å². The van der Waals surface area contributed by atoms with Crippen LogP contribution in [0.3, 0.4) is 0 Å². The molecule has 0 radical (unpaired) electrons. The molecular weight excluding hydrogens is 208 g/mol. The second-order valence-electron chi connectivity index (χ2n) is 3.37. The van der Waals surface area contributed by atoms with Crippen LogP contribution in [0.5, 0.6) is 0 Å². The molecule has 1 aromatic heterocycles. The van der Waals surface area contributed by atoms with Gasteiger partial charge in [0.2, 0.25) is 0 Å². The highest BCUT2D eigenvalue weighted by Crippen LogP contribution is 2.31. The van der Waals surface area contributed by atoms with E-state index in [1.807, 2.05) is 37.3 Å². The van der Waals surface area contributed by atoms with Crippen molar-refractivity contribution in [2.75, 3.05) is 5.73 Å². The number of aromatic nitrogens is 1. The fourth-order valence-electron chi connectivity index (χ4n) is 1.44. The van der Waals surface area contributed by atoms with Crippen LogP contribution in [-0.4, -0.2) is 4.98 Å². The Bertz CT molecular complexity index is 495. The van der Waals surface area contributed by atoms with Gasteiger partial charge in [-0.15, -0.1) is 0 Å². The lowest BCUT2D eigenvalue weighted by Gasteiger charge is -2.08. The molecule has 0 bridgehead atoms. The molecule has 0 aliphatic rings. The predicted molar refractivity (Wildman–Crippen MR) is 63.8 cm³/mol. The van der Waals surface area contributed by atoms with Crippen LogP contribution in [0.1, 0.15) is 5.56 Å². The third-order valence-corrected chi connectivity index (χ3v) is 2.67. The summed E-state index contributed by atoms with van der Waals surface area (Å²) >= 11 is 6.09. The number of pyridine rings is 1. The Hall–Kier alpha value is -1.54. The van der Waals surface area contributed by atoms with Gasteiger partial charge in [-0.05, 0) is 24.6 Å². The molecule has 0 atom stereocenters. The minimum Gasteiger partial charge on any atom is -0.397 e. The van der Waals surface area contributed by atoms with Gasteiger partial charge in [-0.3, -0.25) is 4.98 Å². The molecule has 2 nitrogen and oxygen atoms in total. The van der Waals surface area contributed by atoms with E-state index < -0.39 is 0 Å². The molecule has 0 amide bonds. The summed E-state index contributed by atoms with van der Waals surface area (Å²) in [6, 6.07) is 9.44. The topological polar surface area (TPSA) is 38.9 Å². The van der Waals surface area contributed by atoms with E-state index in [4.69, 9.17) is 17.3 Å². The fraction of sp³-hybridized carbons (Fsp3) is 0.0833. The van der Waals surface area contributed by atoms with Gasteiger partial charge in [-0.1, -0.05) is 29.8 Å². The van der Waals surface area contributed by atoms with E-state index >= 15 is 0 Å². The lowest BCUT2D eigenvalue weighted by Crippen LogP contribution is -1.96. The van der Waals surface area contributed by atoms with E-state index in [0.29, 0.717) is 10.7 Å². The molecule has 3 heteroatoms. The lowest BCUT2D eigenvalue weighted by molar-refractivity contribution is 1.29. The summed E-state index contributed by atoms with van der Waals surface area (Å²) in [5.74, 6) is 0. The third kappa shape index (κ3) is 1.81. The molecule has 2 N–H and O–H groups in total. The van der Waals surface area contributed by atoms with E-state index in [2.05, 4.69) is 4.98 Å². The van der Waals surface area contributed by atoms with Crippen LogP contribution in [0.15, 0.2) is 36.5 Å². The summed E-state index contributed by atoms with van der Waals surface area (Å²) < 4.78 is 0. The van der Waals surface area contributed by atoms with Crippen molar-refractivity contribution in [1.29, 1.82) is 0 Å². The fourth-order valence-corrected chi connectivity index (χ4v) is 1.66. The molecular formula is C12H11ClN2. The highest BCUT2D eigenvalue weighted by atomic mass is 35.5. The Morgan fingerprint density at radius 1 is 1.20 bits per heavy atom. The summed E-state index contributed by atoms with van der Waals surface area (Å²) in [5.41, 5.74) is 9.29. The molecule has 0 saturated heterocycles. The van der Waals surface area contributed by atoms with Gasteiger partial charge in [0.05, 0.1) is 16.4 Å². The van der Waals surface area contributed by atoms with Crippen LogP contribution in [0.4, 0.5) is 5.69 Å². The number of hydrogen-bond acceptors (Lipinski definition) is 2. The Morgan fingerprint density at radius 3 is 2.67 bits per heavy atom. The quantitative estimate of drug-likeness (QED) is 0.798. The zero-order valence-electron chi connectivity index (χ0n) is 8.37. The number of benzene rings is 1. The van der Waals surface area contributed by atoms with E-state index in [1.165, 1.54) is 0 Å². The molecule has 0 unspecified atom stereocenters. The smallest absolute Gasteiger partial charge is 0.0948 e. The van der Waals surface area contributed by atoms with E-state index in [1.54, 1.807) is 6.20 Å². The summed E-state index contributed by atoms with van der Waals surface area (Å²) in [7, 11) is 0. The number of nitrogens with two attached hydrogens (primary N) is 1. The summed E-state index contributed by atoms with van der Waals surface area (Å²) in [4.78, 5) is 4.26. The van der Waals surface area contributed by atoms with Gasteiger partial charge in [0.1, 0.15) is 0 Å². The molecule has 1 heterocycles. The average Bonchev–Trinajstić information content (AvgIpc) is 2.23. The molecule has 76 valence electrons. The lowest BCUT2D eigenvalue weighted by atomic mass is 10.1. The van der Waals surface area contributed by atoms with E-state index in [-0.39, 0.29) is 0 Å². The molecule has 1 aromatic carbocycles. The standard InChI is InChI=1S/C12H11ClN2/c1-8-6-7-15-12(11(8)14)9-4-2-3-5-10(9)13/h2-7H,14H2,1H3. The number of nitrogens with zero attached hydrogens (tertiary/aromatic N) is 1. The Kier molecular flexibility index (Phi) is 2.60. The minimum atomic E-state index is 0.669. The van der Waals surface area contributed by atoms with Crippen LogP contribution in [0.2, 0.25) is 5.02 Å². The van der Waals surface area contributed by atoms with Crippen LogP contribution in [0, 0.1) is 6.92 Å². The molecule has 2 rings (SSSR count). The van der Waals surface area contributed by atoms with Gasteiger partial charge in [0, 0.05) is 11.8 Å². The number of anilines is 1. The third-order valence-electron chi connectivity index (χ3n) is 2.34. The van der Waals surface area contributed by atoms with Gasteiger partial charge < -0.3 is 5.73 Å². The molecule has 0 aliphatic heterocycles. The SMILES string of the molecule is Cc1ccnc(-c2ccccc2Cl)c1N. The van der Waals surface area contributed by atoms with Crippen molar-refractivity contribution in [3.05, 3.63) is 47.1 Å². The van der Waals surface area contributed by atoms with Crippen molar-refractivity contribution in [3.8, 4) is 11.3 Å². The first-order valence-electron chi connectivity index (χ1n) is 4.66. The number of aryl methyl sites for hydroxylation is 1. The maximum absolute atomic E-state index is 6.09. The van der Waals surface area contributed by atoms with Crippen molar-refractivity contribution >= 4 is 17.3 Å².